The topological polar surface area (TPSA) is 151 Å². The number of ketones is 1. The van der Waals surface area contributed by atoms with Gasteiger partial charge in [0.05, 0.1) is 18.9 Å². The van der Waals surface area contributed by atoms with Crippen LogP contribution in [0.15, 0.2) is 17.5 Å². The van der Waals surface area contributed by atoms with Crippen molar-refractivity contribution in [3.63, 3.8) is 0 Å². The average molecular weight is 295 g/mol. The molecule has 0 aromatic carbocycles. The molecule has 0 bridgehead atoms. The third-order valence-electron chi connectivity index (χ3n) is 2.91. The van der Waals surface area contributed by atoms with Crippen LogP contribution >= 0.6 is 0 Å². The van der Waals surface area contributed by atoms with Crippen LogP contribution in [-0.2, 0) is 16.0 Å². The second-order valence-electron chi connectivity index (χ2n) is 4.56. The summed E-state index contributed by atoms with van der Waals surface area (Å²) in [6, 6.07) is -1.25. The number of hydrogen-bond donors (Lipinski definition) is 5. The largest absolute Gasteiger partial charge is 0.370 e. The number of hydrogen-bond acceptors (Lipinski definition) is 5. The number of nitrogens with one attached hydrogen (secondary N) is 3. The number of carbonyl (C=O) groups excluding carboxylic acids is 2. The fourth-order valence-corrected chi connectivity index (χ4v) is 1.69. The normalized spacial score (nSPS) is 13.2. The van der Waals surface area contributed by atoms with E-state index in [0.717, 1.165) is 5.69 Å². The van der Waals surface area contributed by atoms with Crippen molar-refractivity contribution in [2.45, 2.75) is 25.4 Å². The zero-order valence-electron chi connectivity index (χ0n) is 12.1. The first-order chi connectivity index (χ1) is 9.93. The van der Waals surface area contributed by atoms with E-state index >= 15 is 0 Å². The number of amides is 1. The van der Waals surface area contributed by atoms with Gasteiger partial charge in [0.1, 0.15) is 6.04 Å². The van der Waals surface area contributed by atoms with Crippen molar-refractivity contribution in [1.82, 2.24) is 20.6 Å². The minimum Gasteiger partial charge on any atom is -0.370 e. The summed E-state index contributed by atoms with van der Waals surface area (Å²) in [5.74, 6) is -0.583. The molecule has 2 unspecified atom stereocenters. The predicted octanol–water partition coefficient (Wildman–Crippen LogP) is -2.11. The van der Waals surface area contributed by atoms with E-state index < -0.39 is 12.1 Å². The van der Waals surface area contributed by atoms with Gasteiger partial charge in [0.25, 0.3) is 0 Å². The highest BCUT2D eigenvalue weighted by atomic mass is 16.2. The molecule has 0 aliphatic carbocycles. The first kappa shape index (κ1) is 16.6. The Hall–Kier alpha value is -2.42. The smallest absolute Gasteiger partial charge is 0.239 e. The maximum Gasteiger partial charge on any atom is 0.239 e. The van der Waals surface area contributed by atoms with E-state index in [-0.39, 0.29) is 24.2 Å². The number of H-pyrrole nitrogens is 1. The SMILES string of the molecule is CNC(CN=C(N)N)C(=O)NC(Cc1cnc[nH]1)C(C)=O. The Kier molecular flexibility index (Phi) is 6.34. The van der Waals surface area contributed by atoms with Crippen LogP contribution < -0.4 is 22.1 Å². The number of aromatic nitrogens is 2. The van der Waals surface area contributed by atoms with Gasteiger partial charge in [-0.3, -0.25) is 14.6 Å². The summed E-state index contributed by atoms with van der Waals surface area (Å²) >= 11 is 0. The summed E-state index contributed by atoms with van der Waals surface area (Å²) in [6.07, 6.45) is 3.47. The lowest BCUT2D eigenvalue weighted by Gasteiger charge is -2.19. The molecule has 0 spiro atoms. The van der Waals surface area contributed by atoms with Crippen LogP contribution in [0.1, 0.15) is 12.6 Å². The van der Waals surface area contributed by atoms with Crippen LogP contribution in [0.5, 0.6) is 0 Å². The van der Waals surface area contributed by atoms with Gasteiger partial charge in [-0.05, 0) is 14.0 Å². The molecule has 21 heavy (non-hydrogen) atoms. The van der Waals surface area contributed by atoms with Crippen LogP contribution in [-0.4, -0.2) is 53.3 Å². The van der Waals surface area contributed by atoms with Crippen molar-refractivity contribution >= 4 is 17.6 Å². The van der Waals surface area contributed by atoms with Gasteiger partial charge in [-0.2, -0.15) is 0 Å². The van der Waals surface area contributed by atoms with Gasteiger partial charge < -0.3 is 27.1 Å². The molecule has 0 aliphatic rings. The molecule has 9 nitrogen and oxygen atoms in total. The first-order valence-corrected chi connectivity index (χ1v) is 6.44. The molecule has 0 saturated carbocycles. The van der Waals surface area contributed by atoms with Gasteiger partial charge in [0.2, 0.25) is 5.91 Å². The molecule has 1 rings (SSSR count). The summed E-state index contributed by atoms with van der Waals surface area (Å²) in [5.41, 5.74) is 11.2. The molecule has 1 amide bonds. The van der Waals surface area contributed by atoms with Crippen molar-refractivity contribution in [2.24, 2.45) is 16.5 Å². The number of nitrogens with zero attached hydrogens (tertiary/aromatic N) is 2. The monoisotopic (exact) mass is 295 g/mol. The fraction of sp³-hybridized carbons (Fsp3) is 0.500. The highest BCUT2D eigenvalue weighted by molar-refractivity contribution is 5.90. The van der Waals surface area contributed by atoms with E-state index in [2.05, 4.69) is 25.6 Å². The molecule has 0 aliphatic heterocycles. The second kappa shape index (κ2) is 8.00. The Morgan fingerprint density at radius 1 is 1.43 bits per heavy atom. The Morgan fingerprint density at radius 2 is 2.14 bits per heavy atom. The quantitative estimate of drug-likeness (QED) is 0.273. The summed E-state index contributed by atoms with van der Waals surface area (Å²) in [5, 5.41) is 5.48. The lowest BCUT2D eigenvalue weighted by atomic mass is 10.1. The predicted molar refractivity (Wildman–Crippen MR) is 78.4 cm³/mol. The zero-order valence-corrected chi connectivity index (χ0v) is 12.1. The number of nitrogens with two attached hydrogens (primary N) is 2. The minimum atomic E-state index is -0.631. The number of guanidine groups is 1. The van der Waals surface area contributed by atoms with E-state index in [4.69, 9.17) is 11.5 Å². The molecular weight excluding hydrogens is 274 g/mol. The molecule has 1 aromatic rings. The van der Waals surface area contributed by atoms with E-state index in [1.54, 1.807) is 13.2 Å². The number of aromatic amines is 1. The van der Waals surface area contributed by atoms with E-state index in [1.165, 1.54) is 13.3 Å². The molecule has 1 heterocycles. The highest BCUT2D eigenvalue weighted by Crippen LogP contribution is 2.00. The van der Waals surface area contributed by atoms with Crippen molar-refractivity contribution in [1.29, 1.82) is 0 Å². The van der Waals surface area contributed by atoms with E-state index in [0.29, 0.717) is 6.42 Å². The second-order valence-corrected chi connectivity index (χ2v) is 4.56. The number of imidazole rings is 1. The summed E-state index contributed by atoms with van der Waals surface area (Å²) in [4.78, 5) is 34.3. The van der Waals surface area contributed by atoms with Crippen LogP contribution in [0.3, 0.4) is 0 Å². The minimum absolute atomic E-state index is 0.0939. The molecule has 0 saturated heterocycles. The number of aliphatic imine (C=N–C) groups is 1. The molecule has 2 atom stereocenters. The highest BCUT2D eigenvalue weighted by Gasteiger charge is 2.23. The van der Waals surface area contributed by atoms with Crippen LogP contribution in [0.2, 0.25) is 0 Å². The molecule has 116 valence electrons. The molecule has 0 fully saturated rings. The van der Waals surface area contributed by atoms with Gasteiger partial charge >= 0.3 is 0 Å². The number of carbonyl (C=O) groups is 2. The summed E-state index contributed by atoms with van der Waals surface area (Å²) in [7, 11) is 1.62. The Morgan fingerprint density at radius 3 is 2.62 bits per heavy atom. The summed E-state index contributed by atoms with van der Waals surface area (Å²) in [6.45, 7) is 1.52. The van der Waals surface area contributed by atoms with Gasteiger partial charge in [0, 0.05) is 18.3 Å². The molecule has 7 N–H and O–H groups in total. The summed E-state index contributed by atoms with van der Waals surface area (Å²) < 4.78 is 0. The van der Waals surface area contributed by atoms with Crippen molar-refractivity contribution in [3.8, 4) is 0 Å². The fourth-order valence-electron chi connectivity index (χ4n) is 1.69. The first-order valence-electron chi connectivity index (χ1n) is 6.44. The Balaban J connectivity index is 2.66. The van der Waals surface area contributed by atoms with Gasteiger partial charge in [-0.15, -0.1) is 0 Å². The molecular formula is C12H21N7O2. The van der Waals surface area contributed by atoms with Crippen LogP contribution in [0.4, 0.5) is 0 Å². The van der Waals surface area contributed by atoms with Crippen molar-refractivity contribution < 1.29 is 9.59 Å². The molecule has 0 radical (unpaired) electrons. The average Bonchev–Trinajstić information content (AvgIpc) is 2.91. The Bertz CT molecular complexity index is 494. The Labute approximate surface area is 122 Å². The number of likely N-dealkylation sites (N-methyl/N-ethyl adjacent to an activating group) is 1. The van der Waals surface area contributed by atoms with Gasteiger partial charge in [-0.1, -0.05) is 0 Å². The maximum absolute atomic E-state index is 12.1. The third-order valence-corrected chi connectivity index (χ3v) is 2.91. The van der Waals surface area contributed by atoms with Gasteiger partial charge in [0.15, 0.2) is 11.7 Å². The van der Waals surface area contributed by atoms with E-state index in [1.807, 2.05) is 0 Å². The number of rotatable bonds is 8. The van der Waals surface area contributed by atoms with Crippen LogP contribution in [0, 0.1) is 0 Å². The van der Waals surface area contributed by atoms with Crippen molar-refractivity contribution in [3.05, 3.63) is 18.2 Å². The maximum atomic E-state index is 12.1. The van der Waals surface area contributed by atoms with E-state index in [9.17, 15) is 9.59 Å². The van der Waals surface area contributed by atoms with Crippen LogP contribution in [0.25, 0.3) is 0 Å². The van der Waals surface area contributed by atoms with Gasteiger partial charge in [-0.25, -0.2) is 4.98 Å². The zero-order chi connectivity index (χ0) is 15.8. The standard InChI is InChI=1S/C12H21N7O2/c1-7(20)9(3-8-4-16-6-18-8)19-11(21)10(15-2)5-17-12(13)14/h4,6,9-10,15H,3,5H2,1-2H3,(H,16,18)(H,19,21)(H4,13,14,17). The molecule has 1 aromatic heterocycles. The lowest BCUT2D eigenvalue weighted by molar-refractivity contribution is -0.128. The third kappa shape index (κ3) is 5.61. The molecule has 9 heteroatoms. The van der Waals surface area contributed by atoms with Crippen molar-refractivity contribution in [2.75, 3.05) is 13.6 Å². The number of Topliss-reactive ketones (excluding diaryl/α,β-unsaturated/α-hetero) is 1. The lowest BCUT2D eigenvalue weighted by Crippen LogP contribution is -2.51.